The fraction of sp³-hybridized carbons (Fsp3) is 0.375. The number of benzene rings is 1. The zero-order valence-corrected chi connectivity index (χ0v) is 12.2. The zero-order valence-electron chi connectivity index (χ0n) is 12.2. The second-order valence-electron chi connectivity index (χ2n) is 6.01. The van der Waals surface area contributed by atoms with Crippen molar-refractivity contribution in [1.29, 1.82) is 0 Å². The number of carbonyl (C=O) groups excluding carboxylic acids is 2. The summed E-state index contributed by atoms with van der Waals surface area (Å²) >= 11 is 0. The van der Waals surface area contributed by atoms with E-state index < -0.39 is 23.3 Å². The largest absolute Gasteiger partial charge is 0.507 e. The van der Waals surface area contributed by atoms with Crippen molar-refractivity contribution in [1.82, 2.24) is 0 Å². The first-order valence-corrected chi connectivity index (χ1v) is 6.89. The lowest BCUT2D eigenvalue weighted by Crippen LogP contribution is -2.42. The minimum Gasteiger partial charge on any atom is -0.507 e. The number of aliphatic hydroxyl groups is 2. The van der Waals surface area contributed by atoms with Crippen molar-refractivity contribution in [3.8, 4) is 11.5 Å². The van der Waals surface area contributed by atoms with Gasteiger partial charge in [-0.2, -0.15) is 0 Å². The Bertz CT molecular complexity index is 728. The van der Waals surface area contributed by atoms with Gasteiger partial charge in [0.1, 0.15) is 11.5 Å². The van der Waals surface area contributed by atoms with Gasteiger partial charge in [-0.15, -0.1) is 0 Å². The first-order valence-electron chi connectivity index (χ1n) is 6.89. The summed E-state index contributed by atoms with van der Waals surface area (Å²) in [5.41, 5.74) is -1.26. The Hall–Kier alpha value is -2.18. The van der Waals surface area contributed by atoms with Crippen molar-refractivity contribution in [2.75, 3.05) is 7.11 Å². The Kier molecular flexibility index (Phi) is 3.12. The van der Waals surface area contributed by atoms with Gasteiger partial charge in [-0.1, -0.05) is 0 Å². The summed E-state index contributed by atoms with van der Waals surface area (Å²) < 4.78 is 5.00. The maximum Gasteiger partial charge on any atom is 0.196 e. The monoisotopic (exact) mass is 304 g/mol. The molecule has 1 aromatic rings. The maximum atomic E-state index is 12.7. The van der Waals surface area contributed by atoms with Crippen LogP contribution in [0.5, 0.6) is 11.5 Å². The molecule has 116 valence electrons. The van der Waals surface area contributed by atoms with Crippen LogP contribution in [0.3, 0.4) is 0 Å². The molecule has 0 radical (unpaired) electrons. The number of phenols is 1. The third-order valence-electron chi connectivity index (χ3n) is 4.17. The second kappa shape index (κ2) is 4.66. The van der Waals surface area contributed by atoms with Gasteiger partial charge in [-0.05, 0) is 13.0 Å². The molecule has 0 heterocycles. The molecule has 2 aliphatic carbocycles. The van der Waals surface area contributed by atoms with E-state index >= 15 is 0 Å². The summed E-state index contributed by atoms with van der Waals surface area (Å²) in [5, 5.41) is 30.3. The van der Waals surface area contributed by atoms with Crippen LogP contribution in [-0.4, -0.2) is 45.7 Å². The Morgan fingerprint density at radius 1 is 1.27 bits per heavy atom. The minimum absolute atomic E-state index is 0.0125. The molecule has 3 rings (SSSR count). The predicted molar refractivity (Wildman–Crippen MR) is 76.2 cm³/mol. The van der Waals surface area contributed by atoms with Crippen LogP contribution in [0.4, 0.5) is 0 Å². The molecule has 0 unspecified atom stereocenters. The maximum absolute atomic E-state index is 12.7. The van der Waals surface area contributed by atoms with Gasteiger partial charge in [0.25, 0.3) is 0 Å². The van der Waals surface area contributed by atoms with E-state index in [0.29, 0.717) is 0 Å². The van der Waals surface area contributed by atoms with Crippen molar-refractivity contribution < 1.29 is 29.6 Å². The average molecular weight is 304 g/mol. The van der Waals surface area contributed by atoms with Gasteiger partial charge in [0.05, 0.1) is 24.4 Å². The Morgan fingerprint density at radius 3 is 2.59 bits per heavy atom. The summed E-state index contributed by atoms with van der Waals surface area (Å²) in [7, 11) is 1.39. The molecule has 2 atom stereocenters. The Morgan fingerprint density at radius 2 is 1.95 bits per heavy atom. The van der Waals surface area contributed by atoms with E-state index in [0.717, 1.165) is 0 Å². The lowest BCUT2D eigenvalue weighted by atomic mass is 9.71. The molecule has 0 fully saturated rings. The number of aliphatic hydroxyl groups excluding tert-OH is 1. The lowest BCUT2D eigenvalue weighted by molar-refractivity contribution is 0.00377. The molecule has 0 saturated carbocycles. The number of hydrogen-bond acceptors (Lipinski definition) is 6. The molecule has 0 bridgehead atoms. The van der Waals surface area contributed by atoms with E-state index in [1.165, 1.54) is 26.2 Å². The fourth-order valence-electron chi connectivity index (χ4n) is 3.19. The zero-order chi connectivity index (χ0) is 16.2. The summed E-state index contributed by atoms with van der Waals surface area (Å²) in [6.45, 7) is 1.51. The summed E-state index contributed by atoms with van der Waals surface area (Å²) in [5.74, 6) is -1.15. The van der Waals surface area contributed by atoms with Crippen LogP contribution in [0.25, 0.3) is 0 Å². The van der Waals surface area contributed by atoms with Gasteiger partial charge in [0, 0.05) is 35.6 Å². The van der Waals surface area contributed by atoms with E-state index in [2.05, 4.69) is 0 Å². The molecule has 3 N–H and O–H groups in total. The third kappa shape index (κ3) is 2.03. The molecule has 6 nitrogen and oxygen atoms in total. The number of ketones is 2. The molecule has 0 amide bonds. The molecule has 0 spiro atoms. The molecule has 2 aliphatic rings. The number of methoxy groups -OCH3 is 1. The topological polar surface area (TPSA) is 104 Å². The van der Waals surface area contributed by atoms with E-state index in [-0.39, 0.29) is 46.6 Å². The number of carbonyl (C=O) groups is 2. The van der Waals surface area contributed by atoms with Gasteiger partial charge >= 0.3 is 0 Å². The highest BCUT2D eigenvalue weighted by molar-refractivity contribution is 6.28. The average Bonchev–Trinajstić information content (AvgIpc) is 2.42. The van der Waals surface area contributed by atoms with E-state index in [1.807, 2.05) is 0 Å². The highest BCUT2D eigenvalue weighted by Crippen LogP contribution is 2.42. The van der Waals surface area contributed by atoms with Crippen LogP contribution in [0.2, 0.25) is 0 Å². The molecular formula is C16H16O6. The van der Waals surface area contributed by atoms with Gasteiger partial charge in [-0.3, -0.25) is 9.59 Å². The number of Topliss-reactive ketones (excluding diaryl/α,β-unsaturated/α-hetero) is 2. The quantitative estimate of drug-likeness (QED) is 0.714. The number of hydrogen-bond donors (Lipinski definition) is 3. The van der Waals surface area contributed by atoms with Crippen LogP contribution < -0.4 is 4.74 Å². The normalized spacial score (nSPS) is 27.5. The fourth-order valence-corrected chi connectivity index (χ4v) is 3.19. The third-order valence-corrected chi connectivity index (χ3v) is 4.17. The smallest absolute Gasteiger partial charge is 0.196 e. The number of aromatic hydroxyl groups is 1. The summed E-state index contributed by atoms with van der Waals surface area (Å²) in [4.78, 5) is 25.2. The SMILES string of the molecule is COc1cc(O)c2c(c1)C(=O)C1=C(C2=O)[C@H](O)C[C@@](C)(O)C1. The molecule has 1 aromatic carbocycles. The van der Waals surface area contributed by atoms with E-state index in [9.17, 15) is 24.9 Å². The molecule has 6 heteroatoms. The van der Waals surface area contributed by atoms with Gasteiger partial charge in [-0.25, -0.2) is 0 Å². The first-order chi connectivity index (χ1) is 10.2. The summed E-state index contributed by atoms with van der Waals surface area (Å²) in [6.07, 6.45) is -1.27. The Labute approximate surface area is 126 Å². The molecule has 22 heavy (non-hydrogen) atoms. The van der Waals surface area contributed by atoms with Crippen molar-refractivity contribution in [3.63, 3.8) is 0 Å². The van der Waals surface area contributed by atoms with Gasteiger partial charge in [0.2, 0.25) is 0 Å². The van der Waals surface area contributed by atoms with Crippen LogP contribution in [0.1, 0.15) is 40.5 Å². The molecular weight excluding hydrogens is 288 g/mol. The van der Waals surface area contributed by atoms with Gasteiger partial charge in [0.15, 0.2) is 11.6 Å². The standard InChI is InChI=1S/C16H16O6/c1-16(21)5-9-13(11(18)6-16)15(20)12-8(14(9)19)3-7(22-2)4-10(12)17/h3-4,11,17-18,21H,5-6H2,1-2H3/t11-,16+/m1/s1. The molecule has 0 saturated heterocycles. The van der Waals surface area contributed by atoms with Crippen molar-refractivity contribution in [3.05, 3.63) is 34.4 Å². The molecule has 0 aliphatic heterocycles. The van der Waals surface area contributed by atoms with Crippen LogP contribution >= 0.6 is 0 Å². The van der Waals surface area contributed by atoms with Crippen LogP contribution in [0, 0.1) is 0 Å². The van der Waals surface area contributed by atoms with E-state index in [1.54, 1.807) is 0 Å². The van der Waals surface area contributed by atoms with Crippen LogP contribution in [-0.2, 0) is 0 Å². The summed E-state index contributed by atoms with van der Waals surface area (Å²) in [6, 6.07) is 2.63. The number of rotatable bonds is 1. The second-order valence-corrected chi connectivity index (χ2v) is 6.01. The van der Waals surface area contributed by atoms with Crippen molar-refractivity contribution in [2.24, 2.45) is 0 Å². The Balaban J connectivity index is 2.23. The predicted octanol–water partition coefficient (Wildman–Crippen LogP) is 0.982. The highest BCUT2D eigenvalue weighted by Gasteiger charge is 2.44. The number of ether oxygens (including phenoxy) is 1. The van der Waals surface area contributed by atoms with E-state index in [4.69, 9.17) is 4.74 Å². The van der Waals surface area contributed by atoms with Crippen LogP contribution in [0.15, 0.2) is 23.3 Å². The van der Waals surface area contributed by atoms with Crippen molar-refractivity contribution in [2.45, 2.75) is 31.5 Å². The van der Waals surface area contributed by atoms with Gasteiger partial charge < -0.3 is 20.1 Å². The lowest BCUT2D eigenvalue weighted by Gasteiger charge is -2.36. The minimum atomic E-state index is -1.26. The number of fused-ring (bicyclic) bond motifs is 1. The number of phenolic OH excluding ortho intramolecular Hbond substituents is 1. The molecule has 0 aromatic heterocycles. The first kappa shape index (κ1) is 14.7. The highest BCUT2D eigenvalue weighted by atomic mass is 16.5. The van der Waals surface area contributed by atoms with Crippen molar-refractivity contribution >= 4 is 11.6 Å².